The topological polar surface area (TPSA) is 79.2 Å². The molecule has 9 heteroatoms. The molecule has 28 heavy (non-hydrogen) atoms. The molecule has 0 saturated heterocycles. The maximum Gasteiger partial charge on any atom is 0.322 e. The van der Waals surface area contributed by atoms with Gasteiger partial charge < -0.3 is 15.1 Å². The van der Waals surface area contributed by atoms with E-state index in [1.165, 1.54) is 11.0 Å². The van der Waals surface area contributed by atoms with Crippen LogP contribution in [-0.4, -0.2) is 61.8 Å². The third-order valence-corrected chi connectivity index (χ3v) is 5.32. The second kappa shape index (κ2) is 9.95. The zero-order chi connectivity index (χ0) is 19.8. The summed E-state index contributed by atoms with van der Waals surface area (Å²) in [6, 6.07) is 7.50. The van der Waals surface area contributed by atoms with Crippen LogP contribution in [0.5, 0.6) is 0 Å². The average molecular weight is 400 g/mol. The normalized spacial score (nSPS) is 11.0. The van der Waals surface area contributed by atoms with Gasteiger partial charge in [0, 0.05) is 24.2 Å². The Morgan fingerprint density at radius 3 is 2.75 bits per heavy atom. The molecule has 0 aliphatic heterocycles. The Morgan fingerprint density at radius 1 is 1.21 bits per heavy atom. The van der Waals surface area contributed by atoms with Crippen molar-refractivity contribution < 1.29 is 4.79 Å². The van der Waals surface area contributed by atoms with Crippen LogP contribution in [0.4, 0.5) is 10.5 Å². The van der Waals surface area contributed by atoms with Crippen molar-refractivity contribution in [3.63, 3.8) is 0 Å². The maximum absolute atomic E-state index is 13.1. The Balaban J connectivity index is 1.75. The number of nitrogens with one attached hydrogen (secondary N) is 1. The van der Waals surface area contributed by atoms with E-state index in [1.807, 2.05) is 28.5 Å². The van der Waals surface area contributed by atoms with Crippen molar-refractivity contribution in [1.29, 1.82) is 0 Å². The highest BCUT2D eigenvalue weighted by atomic mass is 32.1. The van der Waals surface area contributed by atoms with Crippen molar-refractivity contribution in [3.8, 4) is 5.82 Å². The van der Waals surface area contributed by atoms with Gasteiger partial charge in [0.15, 0.2) is 5.82 Å². The second-order valence-electron chi connectivity index (χ2n) is 6.17. The van der Waals surface area contributed by atoms with Gasteiger partial charge in [0.1, 0.15) is 12.7 Å². The van der Waals surface area contributed by atoms with Crippen LogP contribution in [0.1, 0.15) is 18.7 Å². The van der Waals surface area contributed by atoms with E-state index < -0.39 is 0 Å². The van der Waals surface area contributed by atoms with Gasteiger partial charge in [-0.2, -0.15) is 5.10 Å². The van der Waals surface area contributed by atoms with Crippen molar-refractivity contribution in [2.45, 2.75) is 20.4 Å². The molecule has 2 amide bonds. The number of aromatic nitrogens is 4. The summed E-state index contributed by atoms with van der Waals surface area (Å²) in [6.07, 6.45) is 4.66. The van der Waals surface area contributed by atoms with E-state index in [4.69, 9.17) is 0 Å². The highest BCUT2D eigenvalue weighted by molar-refractivity contribution is 7.09. The quantitative estimate of drug-likeness (QED) is 0.598. The second-order valence-corrected chi connectivity index (χ2v) is 7.20. The number of carbonyl (C=O) groups excluding carboxylic acids is 1. The van der Waals surface area contributed by atoms with E-state index in [1.54, 1.807) is 29.9 Å². The molecule has 0 radical (unpaired) electrons. The minimum atomic E-state index is -0.157. The molecule has 0 saturated carbocycles. The zero-order valence-electron chi connectivity index (χ0n) is 16.2. The molecule has 0 unspecified atom stereocenters. The summed E-state index contributed by atoms with van der Waals surface area (Å²) in [7, 11) is 0. The number of pyridine rings is 1. The number of urea groups is 1. The van der Waals surface area contributed by atoms with E-state index in [-0.39, 0.29) is 6.03 Å². The monoisotopic (exact) mass is 399 g/mol. The molecule has 0 aliphatic rings. The smallest absolute Gasteiger partial charge is 0.318 e. The first-order valence-corrected chi connectivity index (χ1v) is 10.2. The number of amides is 2. The van der Waals surface area contributed by atoms with Crippen LogP contribution in [0.2, 0.25) is 0 Å². The van der Waals surface area contributed by atoms with Crippen LogP contribution < -0.4 is 5.32 Å². The van der Waals surface area contributed by atoms with Crippen LogP contribution in [0.25, 0.3) is 5.82 Å². The van der Waals surface area contributed by atoms with Crippen LogP contribution in [0, 0.1) is 0 Å². The SMILES string of the molecule is CCN(CC)CCN(Cc1cccs1)C(=O)Nc1cccnc1-n1cncn1. The molecule has 3 aromatic heterocycles. The van der Waals surface area contributed by atoms with Crippen molar-refractivity contribution >= 4 is 23.1 Å². The Bertz CT molecular complexity index is 847. The van der Waals surface area contributed by atoms with Crippen molar-refractivity contribution in [2.75, 3.05) is 31.5 Å². The van der Waals surface area contributed by atoms with Crippen LogP contribution in [0.15, 0.2) is 48.5 Å². The number of thiophene rings is 1. The third kappa shape index (κ3) is 5.14. The first kappa shape index (κ1) is 20.0. The number of rotatable bonds is 9. The number of hydrogen-bond donors (Lipinski definition) is 1. The fourth-order valence-electron chi connectivity index (χ4n) is 2.83. The molecule has 3 aromatic rings. The molecule has 0 spiro atoms. The van der Waals surface area contributed by atoms with E-state index >= 15 is 0 Å². The Labute approximate surface area is 168 Å². The van der Waals surface area contributed by atoms with E-state index in [9.17, 15) is 4.79 Å². The summed E-state index contributed by atoms with van der Waals surface area (Å²) in [4.78, 5) is 26.7. The minimum absolute atomic E-state index is 0.157. The molecule has 148 valence electrons. The number of hydrogen-bond acceptors (Lipinski definition) is 6. The maximum atomic E-state index is 13.1. The van der Waals surface area contributed by atoms with Crippen LogP contribution >= 0.6 is 11.3 Å². The van der Waals surface area contributed by atoms with Gasteiger partial charge in [-0.15, -0.1) is 11.3 Å². The summed E-state index contributed by atoms with van der Waals surface area (Å²) >= 11 is 1.65. The van der Waals surface area contributed by atoms with Gasteiger partial charge in [0.05, 0.1) is 12.2 Å². The molecular weight excluding hydrogens is 374 g/mol. The van der Waals surface area contributed by atoms with Gasteiger partial charge in [0.2, 0.25) is 0 Å². The van der Waals surface area contributed by atoms with Gasteiger partial charge in [-0.05, 0) is 36.7 Å². The lowest BCUT2D eigenvalue weighted by Gasteiger charge is -2.26. The van der Waals surface area contributed by atoms with Gasteiger partial charge in [0.25, 0.3) is 0 Å². The Kier molecular flexibility index (Phi) is 7.10. The highest BCUT2D eigenvalue weighted by Crippen LogP contribution is 2.18. The fourth-order valence-corrected chi connectivity index (χ4v) is 3.55. The van der Waals surface area contributed by atoms with E-state index in [0.29, 0.717) is 24.6 Å². The molecule has 0 atom stereocenters. The largest absolute Gasteiger partial charge is 0.322 e. The molecule has 0 aromatic carbocycles. The molecule has 0 bridgehead atoms. The van der Waals surface area contributed by atoms with Crippen LogP contribution in [-0.2, 0) is 6.54 Å². The van der Waals surface area contributed by atoms with Gasteiger partial charge in [-0.1, -0.05) is 19.9 Å². The first-order valence-electron chi connectivity index (χ1n) is 9.32. The lowest BCUT2D eigenvalue weighted by atomic mass is 10.3. The lowest BCUT2D eigenvalue weighted by Crippen LogP contribution is -2.40. The number of anilines is 1. The van der Waals surface area contributed by atoms with Gasteiger partial charge >= 0.3 is 6.03 Å². The number of carbonyl (C=O) groups is 1. The molecule has 1 N–H and O–H groups in total. The Hall–Kier alpha value is -2.78. The number of likely N-dealkylation sites (N-methyl/N-ethyl adjacent to an activating group) is 1. The Morgan fingerprint density at radius 2 is 2.07 bits per heavy atom. The molecule has 3 rings (SSSR count). The van der Waals surface area contributed by atoms with Crippen molar-refractivity contribution in [2.24, 2.45) is 0 Å². The van der Waals surface area contributed by atoms with Crippen molar-refractivity contribution in [3.05, 3.63) is 53.4 Å². The van der Waals surface area contributed by atoms with Crippen molar-refractivity contribution in [1.82, 2.24) is 29.5 Å². The summed E-state index contributed by atoms with van der Waals surface area (Å²) in [5.41, 5.74) is 0.594. The zero-order valence-corrected chi connectivity index (χ0v) is 17.0. The number of nitrogens with zero attached hydrogens (tertiary/aromatic N) is 6. The standard InChI is InChI=1S/C19H25N7OS/c1-3-24(4-2)10-11-25(13-16-7-6-12-28-16)19(27)23-17-8-5-9-21-18(17)26-15-20-14-22-26/h5-9,12,14-15H,3-4,10-11,13H2,1-2H3,(H,23,27). The molecule has 0 aliphatic carbocycles. The molecular formula is C19H25N7OS. The minimum Gasteiger partial charge on any atom is -0.318 e. The first-order chi connectivity index (χ1) is 13.7. The summed E-state index contributed by atoms with van der Waals surface area (Å²) in [5, 5.41) is 9.14. The molecule has 3 heterocycles. The summed E-state index contributed by atoms with van der Waals surface area (Å²) < 4.78 is 1.54. The summed E-state index contributed by atoms with van der Waals surface area (Å²) in [6.45, 7) is 8.23. The van der Waals surface area contributed by atoms with Gasteiger partial charge in [-0.25, -0.2) is 19.4 Å². The van der Waals surface area contributed by atoms with Crippen LogP contribution in [0.3, 0.4) is 0 Å². The highest BCUT2D eigenvalue weighted by Gasteiger charge is 2.18. The van der Waals surface area contributed by atoms with E-state index in [0.717, 1.165) is 24.5 Å². The fraction of sp³-hybridized carbons (Fsp3) is 0.368. The van der Waals surface area contributed by atoms with Gasteiger partial charge in [-0.3, -0.25) is 0 Å². The molecule has 0 fully saturated rings. The average Bonchev–Trinajstić information content (AvgIpc) is 3.42. The molecule has 8 nitrogen and oxygen atoms in total. The third-order valence-electron chi connectivity index (χ3n) is 4.46. The predicted octanol–water partition coefficient (Wildman–Crippen LogP) is 3.10. The lowest BCUT2D eigenvalue weighted by molar-refractivity contribution is 0.195. The predicted molar refractivity (Wildman–Crippen MR) is 111 cm³/mol. The summed E-state index contributed by atoms with van der Waals surface area (Å²) in [5.74, 6) is 0.535. The van der Waals surface area contributed by atoms with E-state index in [2.05, 4.69) is 39.1 Å².